The number of amides is 2. The van der Waals surface area contributed by atoms with Gasteiger partial charge < -0.3 is 15.3 Å². The number of aliphatic hydroxyl groups is 1. The van der Waals surface area contributed by atoms with E-state index in [0.717, 1.165) is 5.56 Å². The van der Waals surface area contributed by atoms with Crippen LogP contribution < -0.4 is 5.32 Å². The van der Waals surface area contributed by atoms with Crippen LogP contribution in [0.3, 0.4) is 0 Å². The Balaban J connectivity index is 1.91. The van der Waals surface area contributed by atoms with E-state index >= 15 is 0 Å². The van der Waals surface area contributed by atoms with Crippen molar-refractivity contribution in [2.24, 2.45) is 0 Å². The molecule has 0 spiro atoms. The fourth-order valence-corrected chi connectivity index (χ4v) is 3.54. The average molecular weight is 347 g/mol. The summed E-state index contributed by atoms with van der Waals surface area (Å²) in [5.41, 5.74) is 1.61. The van der Waals surface area contributed by atoms with Gasteiger partial charge in [-0.2, -0.15) is 0 Å². The van der Waals surface area contributed by atoms with Crippen molar-refractivity contribution in [3.63, 3.8) is 0 Å². The smallest absolute Gasteiger partial charge is 0.251 e. The van der Waals surface area contributed by atoms with Gasteiger partial charge in [-0.05, 0) is 38.0 Å². The topological polar surface area (TPSA) is 72.9 Å². The summed E-state index contributed by atoms with van der Waals surface area (Å²) in [5.74, 6) is 0.0310. The maximum absolute atomic E-state index is 12.6. The van der Waals surface area contributed by atoms with Crippen molar-refractivity contribution in [3.8, 4) is 0 Å². The third kappa shape index (κ3) is 5.03. The van der Waals surface area contributed by atoms with E-state index in [2.05, 4.69) is 24.1 Å². The molecule has 0 unspecified atom stereocenters. The minimum absolute atomic E-state index is 0.115. The molecule has 1 saturated heterocycles. The number of benzene rings is 1. The Hall–Kier alpha value is -1.92. The van der Waals surface area contributed by atoms with Gasteiger partial charge in [0.2, 0.25) is 5.91 Å². The van der Waals surface area contributed by atoms with E-state index in [9.17, 15) is 9.59 Å². The van der Waals surface area contributed by atoms with Crippen LogP contribution in [0.1, 0.15) is 36.2 Å². The number of aliphatic hydroxyl groups excluding tert-OH is 1. The SMILES string of the molecule is CNC(=O)c1cccc(CCC(=O)N2C[C@@H](C)N(CCO)[C@@H](C)C2)c1. The third-order valence-electron chi connectivity index (χ3n) is 4.86. The van der Waals surface area contributed by atoms with Gasteiger partial charge in [0.25, 0.3) is 5.91 Å². The summed E-state index contributed by atoms with van der Waals surface area (Å²) in [7, 11) is 1.61. The Morgan fingerprint density at radius 2 is 1.92 bits per heavy atom. The number of hydrogen-bond acceptors (Lipinski definition) is 4. The Morgan fingerprint density at radius 3 is 2.52 bits per heavy atom. The second-order valence-corrected chi connectivity index (χ2v) is 6.74. The van der Waals surface area contributed by atoms with E-state index < -0.39 is 0 Å². The Morgan fingerprint density at radius 1 is 1.24 bits per heavy atom. The van der Waals surface area contributed by atoms with Gasteiger partial charge in [-0.3, -0.25) is 14.5 Å². The molecule has 1 aromatic rings. The van der Waals surface area contributed by atoms with Gasteiger partial charge in [0.15, 0.2) is 0 Å². The minimum atomic E-state index is -0.115. The van der Waals surface area contributed by atoms with Crippen LogP contribution >= 0.6 is 0 Å². The summed E-state index contributed by atoms with van der Waals surface area (Å²) < 4.78 is 0. The summed E-state index contributed by atoms with van der Waals surface area (Å²) in [6.45, 7) is 6.38. The van der Waals surface area contributed by atoms with Gasteiger partial charge in [0.1, 0.15) is 0 Å². The van der Waals surface area contributed by atoms with Gasteiger partial charge >= 0.3 is 0 Å². The van der Waals surface area contributed by atoms with Crippen LogP contribution in [0.4, 0.5) is 0 Å². The van der Waals surface area contributed by atoms with Crippen LogP contribution in [0.15, 0.2) is 24.3 Å². The molecule has 0 saturated carbocycles. The number of nitrogens with zero attached hydrogens (tertiary/aromatic N) is 2. The Kier molecular flexibility index (Phi) is 6.96. The maximum atomic E-state index is 12.6. The first-order valence-electron chi connectivity index (χ1n) is 8.91. The number of rotatable bonds is 6. The van der Waals surface area contributed by atoms with Crippen molar-refractivity contribution in [1.82, 2.24) is 15.1 Å². The molecule has 138 valence electrons. The van der Waals surface area contributed by atoms with Gasteiger partial charge in [-0.25, -0.2) is 0 Å². The van der Waals surface area contributed by atoms with E-state index in [1.165, 1.54) is 0 Å². The first-order valence-corrected chi connectivity index (χ1v) is 8.91. The summed E-state index contributed by atoms with van der Waals surface area (Å²) in [4.78, 5) is 28.4. The van der Waals surface area contributed by atoms with E-state index in [1.54, 1.807) is 13.1 Å². The summed E-state index contributed by atoms with van der Waals surface area (Å²) in [6.07, 6.45) is 1.07. The van der Waals surface area contributed by atoms with Gasteiger partial charge in [-0.15, -0.1) is 0 Å². The van der Waals surface area contributed by atoms with Crippen molar-refractivity contribution in [2.75, 3.05) is 33.3 Å². The van der Waals surface area contributed by atoms with Gasteiger partial charge in [0.05, 0.1) is 6.61 Å². The minimum Gasteiger partial charge on any atom is -0.395 e. The molecule has 1 aliphatic rings. The second-order valence-electron chi connectivity index (χ2n) is 6.74. The standard InChI is InChI=1S/C19H29N3O3/c1-14-12-21(13-15(2)22(14)9-10-23)18(24)8-7-16-5-4-6-17(11-16)19(25)20-3/h4-6,11,14-15,23H,7-10,12-13H2,1-3H3,(H,20,25)/t14-,15+. The van der Waals surface area contributed by atoms with Crippen LogP contribution in [-0.2, 0) is 11.2 Å². The molecule has 0 aliphatic carbocycles. The molecule has 0 aromatic heterocycles. The number of carbonyl (C=O) groups is 2. The molecule has 2 rings (SSSR count). The lowest BCUT2D eigenvalue weighted by Crippen LogP contribution is -2.58. The molecule has 1 aromatic carbocycles. The average Bonchev–Trinajstić information content (AvgIpc) is 2.62. The predicted octanol–water partition coefficient (Wildman–Crippen LogP) is 0.892. The number of carbonyl (C=O) groups excluding carboxylic acids is 2. The molecule has 6 heteroatoms. The highest BCUT2D eigenvalue weighted by Gasteiger charge is 2.30. The van der Waals surface area contributed by atoms with Crippen LogP contribution in [-0.4, -0.2) is 72.1 Å². The maximum Gasteiger partial charge on any atom is 0.251 e. The van der Waals surface area contributed by atoms with E-state index in [1.807, 2.05) is 23.1 Å². The molecule has 0 radical (unpaired) electrons. The number of β-amino-alcohol motifs (C(OH)–C–C–N with tert-alkyl or cyclic N) is 1. The zero-order valence-corrected chi connectivity index (χ0v) is 15.4. The molecular formula is C19H29N3O3. The highest BCUT2D eigenvalue weighted by Crippen LogP contribution is 2.17. The zero-order chi connectivity index (χ0) is 18.4. The van der Waals surface area contributed by atoms with E-state index in [-0.39, 0.29) is 30.5 Å². The van der Waals surface area contributed by atoms with Crippen LogP contribution in [0.5, 0.6) is 0 Å². The molecule has 0 bridgehead atoms. The first-order chi connectivity index (χ1) is 12.0. The summed E-state index contributed by atoms with van der Waals surface area (Å²) in [6, 6.07) is 7.91. The van der Waals surface area contributed by atoms with Crippen molar-refractivity contribution in [3.05, 3.63) is 35.4 Å². The first kappa shape index (κ1) is 19.4. The lowest BCUT2D eigenvalue weighted by atomic mass is 10.0. The van der Waals surface area contributed by atoms with Gasteiger partial charge in [0, 0.05) is 50.7 Å². The Labute approximate surface area is 149 Å². The molecular weight excluding hydrogens is 318 g/mol. The molecule has 2 N–H and O–H groups in total. The quantitative estimate of drug-likeness (QED) is 0.802. The highest BCUT2D eigenvalue weighted by molar-refractivity contribution is 5.94. The monoisotopic (exact) mass is 347 g/mol. The normalized spacial score (nSPS) is 21.2. The van der Waals surface area contributed by atoms with Crippen LogP contribution in [0.25, 0.3) is 0 Å². The number of aryl methyl sites for hydroxylation is 1. The predicted molar refractivity (Wildman–Crippen MR) is 97.4 cm³/mol. The fraction of sp³-hybridized carbons (Fsp3) is 0.579. The fourth-order valence-electron chi connectivity index (χ4n) is 3.54. The summed E-state index contributed by atoms with van der Waals surface area (Å²) in [5, 5.41) is 11.8. The third-order valence-corrected chi connectivity index (χ3v) is 4.86. The van der Waals surface area contributed by atoms with Crippen molar-refractivity contribution < 1.29 is 14.7 Å². The number of nitrogens with one attached hydrogen (secondary N) is 1. The number of piperazine rings is 1. The molecule has 1 heterocycles. The van der Waals surface area contributed by atoms with Crippen LogP contribution in [0.2, 0.25) is 0 Å². The zero-order valence-electron chi connectivity index (χ0n) is 15.4. The van der Waals surface area contributed by atoms with E-state index in [0.29, 0.717) is 38.0 Å². The Bertz CT molecular complexity index is 593. The lowest BCUT2D eigenvalue weighted by molar-refractivity contribution is -0.135. The molecule has 6 nitrogen and oxygen atoms in total. The molecule has 1 aliphatic heterocycles. The van der Waals surface area contributed by atoms with Crippen LogP contribution in [0, 0.1) is 0 Å². The largest absolute Gasteiger partial charge is 0.395 e. The number of hydrogen-bond donors (Lipinski definition) is 2. The van der Waals surface area contributed by atoms with Crippen molar-refractivity contribution in [2.45, 2.75) is 38.8 Å². The van der Waals surface area contributed by atoms with Crippen molar-refractivity contribution in [1.29, 1.82) is 0 Å². The summed E-state index contributed by atoms with van der Waals surface area (Å²) >= 11 is 0. The molecule has 1 fully saturated rings. The molecule has 2 atom stereocenters. The van der Waals surface area contributed by atoms with E-state index in [4.69, 9.17) is 5.11 Å². The molecule has 2 amide bonds. The lowest BCUT2D eigenvalue weighted by Gasteiger charge is -2.44. The molecule has 25 heavy (non-hydrogen) atoms. The van der Waals surface area contributed by atoms with Gasteiger partial charge in [-0.1, -0.05) is 12.1 Å². The second kappa shape index (κ2) is 8.97. The highest BCUT2D eigenvalue weighted by atomic mass is 16.3. The van der Waals surface area contributed by atoms with Crippen molar-refractivity contribution >= 4 is 11.8 Å².